The van der Waals surface area contributed by atoms with Crippen molar-refractivity contribution in [3.63, 3.8) is 0 Å². The van der Waals surface area contributed by atoms with Gasteiger partial charge >= 0.3 is 0 Å². The van der Waals surface area contributed by atoms with Crippen LogP contribution in [0.25, 0.3) is 16.7 Å². The van der Waals surface area contributed by atoms with Crippen molar-refractivity contribution in [1.29, 1.82) is 0 Å². The van der Waals surface area contributed by atoms with Crippen molar-refractivity contribution in [2.75, 3.05) is 18.4 Å². The number of aryl methyl sites for hydroxylation is 4. The molecule has 0 aliphatic rings. The Hall–Kier alpha value is -3.74. The minimum Gasteiger partial charge on any atom is -0.368 e. The van der Waals surface area contributed by atoms with Gasteiger partial charge in [-0.15, -0.1) is 0 Å². The number of nitrogens with one attached hydrogen (secondary N) is 2. The second kappa shape index (κ2) is 8.55. The minimum absolute atomic E-state index is 0.0894. The molecule has 0 radical (unpaired) electrons. The molecule has 0 bridgehead atoms. The fourth-order valence-electron chi connectivity index (χ4n) is 3.53. The smallest absolute Gasteiger partial charge is 0.251 e. The normalized spacial score (nSPS) is 11.0. The maximum absolute atomic E-state index is 12.3. The highest BCUT2D eigenvalue weighted by Crippen LogP contribution is 2.24. The fourth-order valence-corrected chi connectivity index (χ4v) is 3.53. The number of amides is 1. The number of rotatable bonds is 6. The van der Waals surface area contributed by atoms with Gasteiger partial charge < -0.3 is 10.6 Å². The van der Waals surface area contributed by atoms with Gasteiger partial charge in [0.2, 0.25) is 0 Å². The van der Waals surface area contributed by atoms with Crippen LogP contribution in [0.1, 0.15) is 32.9 Å². The molecule has 0 atom stereocenters. The van der Waals surface area contributed by atoms with Crippen LogP contribution in [0, 0.1) is 27.7 Å². The van der Waals surface area contributed by atoms with Crippen molar-refractivity contribution < 1.29 is 4.79 Å². The predicted octanol–water partition coefficient (Wildman–Crippen LogP) is 3.89. The molecule has 0 saturated carbocycles. The number of hydrogen-bond donors (Lipinski definition) is 2. The molecule has 7 heteroatoms. The van der Waals surface area contributed by atoms with Crippen molar-refractivity contribution >= 4 is 22.8 Å². The van der Waals surface area contributed by atoms with E-state index in [1.54, 1.807) is 6.20 Å². The zero-order valence-electron chi connectivity index (χ0n) is 18.2. The van der Waals surface area contributed by atoms with Crippen LogP contribution in [0.15, 0.2) is 48.7 Å². The van der Waals surface area contributed by atoms with E-state index in [9.17, 15) is 4.79 Å². The van der Waals surface area contributed by atoms with E-state index in [1.807, 2.05) is 42.8 Å². The molecule has 2 aromatic heterocycles. The number of nitrogens with zero attached hydrogens (tertiary/aromatic N) is 4. The summed E-state index contributed by atoms with van der Waals surface area (Å²) in [6.45, 7) is 9.02. The lowest BCUT2D eigenvalue weighted by atomic mass is 10.1. The highest BCUT2D eigenvalue weighted by molar-refractivity contribution is 5.94. The Bertz CT molecular complexity index is 1240. The number of hydrogen-bond acceptors (Lipinski definition) is 5. The molecule has 4 aromatic rings. The number of fused-ring (bicyclic) bond motifs is 1. The third-order valence-corrected chi connectivity index (χ3v) is 5.14. The van der Waals surface area contributed by atoms with Gasteiger partial charge in [0, 0.05) is 18.7 Å². The van der Waals surface area contributed by atoms with Gasteiger partial charge in [-0.25, -0.2) is 14.6 Å². The maximum atomic E-state index is 12.3. The third-order valence-electron chi connectivity index (χ3n) is 5.14. The quantitative estimate of drug-likeness (QED) is 0.468. The molecule has 2 aromatic carbocycles. The molecular weight excluding hydrogens is 388 g/mol. The fraction of sp³-hybridized carbons (Fsp3) is 0.250. The van der Waals surface area contributed by atoms with E-state index in [-0.39, 0.29) is 5.91 Å². The summed E-state index contributed by atoms with van der Waals surface area (Å²) in [7, 11) is 0. The monoisotopic (exact) mass is 414 g/mol. The van der Waals surface area contributed by atoms with E-state index in [2.05, 4.69) is 57.7 Å². The highest BCUT2D eigenvalue weighted by atomic mass is 16.1. The van der Waals surface area contributed by atoms with E-state index in [0.717, 1.165) is 27.8 Å². The summed E-state index contributed by atoms with van der Waals surface area (Å²) in [4.78, 5) is 21.4. The van der Waals surface area contributed by atoms with Gasteiger partial charge in [0.25, 0.3) is 5.91 Å². The summed E-state index contributed by atoms with van der Waals surface area (Å²) in [6.07, 6.45) is 1.78. The van der Waals surface area contributed by atoms with Crippen LogP contribution in [0.4, 0.5) is 5.82 Å². The molecule has 0 aliphatic heterocycles. The Morgan fingerprint density at radius 1 is 0.935 bits per heavy atom. The van der Waals surface area contributed by atoms with Crippen molar-refractivity contribution in [2.24, 2.45) is 0 Å². The van der Waals surface area contributed by atoms with Gasteiger partial charge in [0.05, 0.1) is 17.3 Å². The summed E-state index contributed by atoms with van der Waals surface area (Å²) < 4.78 is 1.85. The Kier molecular flexibility index (Phi) is 5.66. The molecule has 0 spiro atoms. The van der Waals surface area contributed by atoms with Crippen molar-refractivity contribution in [3.05, 3.63) is 76.7 Å². The number of benzene rings is 2. The molecule has 2 N–H and O–H groups in total. The highest BCUT2D eigenvalue weighted by Gasteiger charge is 2.14. The van der Waals surface area contributed by atoms with E-state index in [4.69, 9.17) is 0 Å². The molecule has 0 saturated heterocycles. The topological polar surface area (TPSA) is 84.7 Å². The van der Waals surface area contributed by atoms with Crippen LogP contribution < -0.4 is 10.6 Å². The summed E-state index contributed by atoms with van der Waals surface area (Å²) in [6, 6.07) is 13.8. The molecule has 31 heavy (non-hydrogen) atoms. The Balaban J connectivity index is 1.49. The predicted molar refractivity (Wildman–Crippen MR) is 123 cm³/mol. The summed E-state index contributed by atoms with van der Waals surface area (Å²) in [5.74, 6) is 1.28. The average Bonchev–Trinajstić information content (AvgIpc) is 3.15. The molecule has 158 valence electrons. The molecule has 0 aliphatic carbocycles. The SMILES string of the molecule is Cc1ccc(C(=O)NCCNc2nc(C)nc3c2cnn3-c2ccc(C)cc2C)cc1. The Labute approximate surface area is 181 Å². The van der Waals surface area contributed by atoms with E-state index >= 15 is 0 Å². The standard InChI is InChI=1S/C24H26N6O/c1-15-5-8-19(9-6-15)24(31)26-12-11-25-22-20-14-27-30(23(20)29-18(4)28-22)21-10-7-16(2)13-17(21)3/h5-10,13-14H,11-12H2,1-4H3,(H,26,31)(H,25,28,29). The van der Waals surface area contributed by atoms with Crippen LogP contribution in [0.5, 0.6) is 0 Å². The van der Waals surface area contributed by atoms with Gasteiger partial charge in [0.15, 0.2) is 5.65 Å². The van der Waals surface area contributed by atoms with Gasteiger partial charge in [-0.05, 0) is 51.5 Å². The average molecular weight is 415 g/mol. The van der Waals surface area contributed by atoms with Gasteiger partial charge in [-0.1, -0.05) is 35.4 Å². The first-order valence-electron chi connectivity index (χ1n) is 10.3. The zero-order chi connectivity index (χ0) is 22.0. The lowest BCUT2D eigenvalue weighted by Gasteiger charge is -2.11. The molecule has 0 unspecified atom stereocenters. The number of anilines is 1. The van der Waals surface area contributed by atoms with Crippen LogP contribution in [-0.4, -0.2) is 38.7 Å². The lowest BCUT2D eigenvalue weighted by molar-refractivity contribution is 0.0955. The molecule has 4 rings (SSSR count). The maximum Gasteiger partial charge on any atom is 0.251 e. The molecule has 0 fully saturated rings. The summed E-state index contributed by atoms with van der Waals surface area (Å²) >= 11 is 0. The first kappa shape index (κ1) is 20.5. The third kappa shape index (κ3) is 4.40. The largest absolute Gasteiger partial charge is 0.368 e. The first-order valence-corrected chi connectivity index (χ1v) is 10.3. The number of carbonyl (C=O) groups excluding carboxylic acids is 1. The van der Waals surface area contributed by atoms with Crippen LogP contribution >= 0.6 is 0 Å². The molecule has 7 nitrogen and oxygen atoms in total. The van der Waals surface area contributed by atoms with Crippen LogP contribution in [-0.2, 0) is 0 Å². The van der Waals surface area contributed by atoms with Crippen molar-refractivity contribution in [3.8, 4) is 5.69 Å². The number of aromatic nitrogens is 4. The van der Waals surface area contributed by atoms with Crippen molar-refractivity contribution in [1.82, 2.24) is 25.1 Å². The van der Waals surface area contributed by atoms with E-state index < -0.39 is 0 Å². The molecular formula is C24H26N6O. The zero-order valence-corrected chi connectivity index (χ0v) is 18.2. The van der Waals surface area contributed by atoms with Crippen LogP contribution in [0.2, 0.25) is 0 Å². The number of carbonyl (C=O) groups is 1. The summed E-state index contributed by atoms with van der Waals surface area (Å²) in [5.41, 5.74) is 5.87. The second-order valence-corrected chi connectivity index (χ2v) is 7.75. The van der Waals surface area contributed by atoms with E-state index in [0.29, 0.717) is 30.3 Å². The summed E-state index contributed by atoms with van der Waals surface area (Å²) in [5, 5.41) is 11.7. The first-order chi connectivity index (χ1) is 14.9. The molecule has 2 heterocycles. The second-order valence-electron chi connectivity index (χ2n) is 7.75. The van der Waals surface area contributed by atoms with Gasteiger partial charge in [0.1, 0.15) is 11.6 Å². The minimum atomic E-state index is -0.0894. The Morgan fingerprint density at radius 2 is 1.68 bits per heavy atom. The van der Waals surface area contributed by atoms with Crippen molar-refractivity contribution in [2.45, 2.75) is 27.7 Å². The van der Waals surface area contributed by atoms with Crippen LogP contribution in [0.3, 0.4) is 0 Å². The van der Waals surface area contributed by atoms with Gasteiger partial charge in [-0.3, -0.25) is 4.79 Å². The Morgan fingerprint density at radius 3 is 2.42 bits per heavy atom. The molecule has 1 amide bonds. The van der Waals surface area contributed by atoms with E-state index in [1.165, 1.54) is 5.56 Å². The van der Waals surface area contributed by atoms with Gasteiger partial charge in [-0.2, -0.15) is 5.10 Å². The lowest BCUT2D eigenvalue weighted by Crippen LogP contribution is -2.28.